The van der Waals surface area contributed by atoms with Crippen molar-refractivity contribution in [2.75, 3.05) is 18.0 Å². The molecule has 2 aromatic heterocycles. The van der Waals surface area contributed by atoms with Crippen LogP contribution in [-0.2, 0) is 6.54 Å². The summed E-state index contributed by atoms with van der Waals surface area (Å²) in [7, 11) is 0. The molecule has 0 unspecified atom stereocenters. The minimum atomic E-state index is 0.415. The molecule has 136 valence electrons. The summed E-state index contributed by atoms with van der Waals surface area (Å²) in [4.78, 5) is 6.93. The van der Waals surface area contributed by atoms with E-state index in [1.165, 1.54) is 24.9 Å². The largest absolute Gasteiger partial charge is 0.372 e. The number of hydrogen-bond donors (Lipinski definition) is 0. The van der Waals surface area contributed by atoms with Gasteiger partial charge in [0.15, 0.2) is 0 Å². The molecule has 1 aliphatic heterocycles. The Morgan fingerprint density at radius 2 is 1.81 bits per heavy atom. The van der Waals surface area contributed by atoms with E-state index in [0.717, 1.165) is 30.0 Å². The summed E-state index contributed by atoms with van der Waals surface area (Å²) < 4.78 is 7.18. The Morgan fingerprint density at radius 1 is 1.08 bits per heavy atom. The Morgan fingerprint density at radius 3 is 2.46 bits per heavy atom. The van der Waals surface area contributed by atoms with Crippen LogP contribution in [0.25, 0.3) is 11.4 Å². The lowest BCUT2D eigenvalue weighted by molar-refractivity contribution is 0.364. The lowest BCUT2D eigenvalue weighted by atomic mass is 10.1. The summed E-state index contributed by atoms with van der Waals surface area (Å²) in [5.74, 6) is 1.11. The molecule has 1 saturated heterocycles. The van der Waals surface area contributed by atoms with Crippen LogP contribution in [0.15, 0.2) is 28.8 Å². The second kappa shape index (κ2) is 7.11. The molecule has 1 aromatic carbocycles. The zero-order valence-corrected chi connectivity index (χ0v) is 15.8. The molecule has 0 amide bonds. The van der Waals surface area contributed by atoms with Gasteiger partial charge in [-0.15, -0.1) is 0 Å². The van der Waals surface area contributed by atoms with Gasteiger partial charge in [-0.1, -0.05) is 16.8 Å². The normalized spacial score (nSPS) is 14.8. The molecule has 3 aromatic rings. The van der Waals surface area contributed by atoms with Gasteiger partial charge >= 0.3 is 0 Å². The molecular weight excluding hydrogens is 350 g/mol. The third-order valence-electron chi connectivity index (χ3n) is 4.89. The predicted molar refractivity (Wildman–Crippen MR) is 102 cm³/mol. The van der Waals surface area contributed by atoms with Crippen LogP contribution >= 0.6 is 11.6 Å². The molecule has 1 fully saturated rings. The van der Waals surface area contributed by atoms with E-state index >= 15 is 0 Å². The fraction of sp³-hybridized carbons (Fsp3) is 0.421. The summed E-state index contributed by atoms with van der Waals surface area (Å²) in [6.45, 7) is 6.50. The number of rotatable bonds is 4. The fourth-order valence-corrected chi connectivity index (χ4v) is 3.50. The molecular formula is C19H22ClN5O. The molecule has 0 bridgehead atoms. The molecule has 0 aliphatic carbocycles. The number of benzene rings is 1. The first kappa shape index (κ1) is 17.1. The SMILES string of the molecule is Cc1nn(Cc2nc(-c3ccc(N4CCCCC4)cc3)no2)c(C)c1Cl. The topological polar surface area (TPSA) is 60.0 Å². The number of nitrogens with zero attached hydrogens (tertiary/aromatic N) is 5. The Kier molecular flexibility index (Phi) is 4.68. The maximum absolute atomic E-state index is 6.19. The summed E-state index contributed by atoms with van der Waals surface area (Å²) in [6.07, 6.45) is 3.87. The van der Waals surface area contributed by atoms with Crippen molar-refractivity contribution >= 4 is 17.3 Å². The number of aryl methyl sites for hydroxylation is 1. The standard InChI is InChI=1S/C19H22ClN5O/c1-13-18(20)14(2)25(22-13)12-17-21-19(23-26-17)15-6-8-16(9-7-15)24-10-4-3-5-11-24/h6-9H,3-5,10-12H2,1-2H3. The Labute approximate surface area is 157 Å². The zero-order chi connectivity index (χ0) is 18.1. The summed E-state index contributed by atoms with van der Waals surface area (Å²) in [6, 6.07) is 8.38. The summed E-state index contributed by atoms with van der Waals surface area (Å²) in [5, 5.41) is 9.19. The second-order valence-electron chi connectivity index (χ2n) is 6.75. The molecule has 3 heterocycles. The van der Waals surface area contributed by atoms with Crippen LogP contribution < -0.4 is 4.90 Å². The van der Waals surface area contributed by atoms with Gasteiger partial charge in [0.2, 0.25) is 11.7 Å². The van der Waals surface area contributed by atoms with Crippen LogP contribution in [0, 0.1) is 13.8 Å². The van der Waals surface area contributed by atoms with Gasteiger partial charge in [-0.25, -0.2) is 0 Å². The smallest absolute Gasteiger partial charge is 0.248 e. The second-order valence-corrected chi connectivity index (χ2v) is 7.13. The van der Waals surface area contributed by atoms with Crippen molar-refractivity contribution < 1.29 is 4.52 Å². The lowest BCUT2D eigenvalue weighted by Crippen LogP contribution is -2.29. The first-order valence-corrected chi connectivity index (χ1v) is 9.37. The maximum atomic E-state index is 6.19. The van der Waals surface area contributed by atoms with Gasteiger partial charge in [-0.3, -0.25) is 4.68 Å². The average molecular weight is 372 g/mol. The Bertz CT molecular complexity index is 893. The number of piperidine rings is 1. The Hall–Kier alpha value is -2.34. The predicted octanol–water partition coefficient (Wildman–Crippen LogP) is 4.24. The van der Waals surface area contributed by atoms with E-state index in [1.54, 1.807) is 4.68 Å². The third kappa shape index (κ3) is 3.33. The van der Waals surface area contributed by atoms with Crippen molar-refractivity contribution in [3.63, 3.8) is 0 Å². The highest BCUT2D eigenvalue weighted by atomic mass is 35.5. The molecule has 0 atom stereocenters. The summed E-state index contributed by atoms with van der Waals surface area (Å²) in [5.41, 5.74) is 3.91. The molecule has 4 rings (SSSR count). The molecule has 0 N–H and O–H groups in total. The van der Waals surface area contributed by atoms with Crippen LogP contribution in [0.5, 0.6) is 0 Å². The van der Waals surface area contributed by atoms with Crippen molar-refractivity contribution in [3.05, 3.63) is 46.6 Å². The van der Waals surface area contributed by atoms with Crippen molar-refractivity contribution in [1.29, 1.82) is 0 Å². The van der Waals surface area contributed by atoms with Crippen LogP contribution in [0.1, 0.15) is 36.5 Å². The molecule has 26 heavy (non-hydrogen) atoms. The first-order chi connectivity index (χ1) is 12.6. The van der Waals surface area contributed by atoms with E-state index in [2.05, 4.69) is 44.4 Å². The average Bonchev–Trinajstić information content (AvgIpc) is 3.24. The van der Waals surface area contributed by atoms with Gasteiger partial charge in [0, 0.05) is 24.3 Å². The number of halogens is 1. The van der Waals surface area contributed by atoms with Crippen LogP contribution in [-0.4, -0.2) is 33.0 Å². The minimum Gasteiger partial charge on any atom is -0.372 e. The summed E-state index contributed by atoms with van der Waals surface area (Å²) >= 11 is 6.19. The van der Waals surface area contributed by atoms with E-state index < -0.39 is 0 Å². The monoisotopic (exact) mass is 371 g/mol. The molecule has 0 spiro atoms. The van der Waals surface area contributed by atoms with Gasteiger partial charge in [0.25, 0.3) is 0 Å². The van der Waals surface area contributed by atoms with Gasteiger partial charge in [-0.2, -0.15) is 10.1 Å². The first-order valence-electron chi connectivity index (χ1n) is 8.99. The van der Waals surface area contributed by atoms with Crippen LogP contribution in [0.4, 0.5) is 5.69 Å². The quantitative estimate of drug-likeness (QED) is 0.686. The van der Waals surface area contributed by atoms with Gasteiger partial charge in [-0.05, 0) is 57.4 Å². The highest BCUT2D eigenvalue weighted by Crippen LogP contribution is 2.24. The number of aromatic nitrogens is 4. The highest BCUT2D eigenvalue weighted by molar-refractivity contribution is 6.31. The van der Waals surface area contributed by atoms with Crippen LogP contribution in [0.2, 0.25) is 5.02 Å². The Balaban J connectivity index is 1.49. The molecule has 0 radical (unpaired) electrons. The molecule has 7 heteroatoms. The zero-order valence-electron chi connectivity index (χ0n) is 15.1. The minimum absolute atomic E-state index is 0.415. The van der Waals surface area contributed by atoms with Crippen molar-refractivity contribution in [3.8, 4) is 11.4 Å². The van der Waals surface area contributed by atoms with Crippen molar-refractivity contribution in [1.82, 2.24) is 19.9 Å². The number of hydrogen-bond acceptors (Lipinski definition) is 5. The molecule has 0 saturated carbocycles. The fourth-order valence-electron chi connectivity index (χ4n) is 3.37. The van der Waals surface area contributed by atoms with E-state index in [1.807, 2.05) is 13.8 Å². The van der Waals surface area contributed by atoms with Gasteiger partial charge in [0.1, 0.15) is 6.54 Å². The number of anilines is 1. The van der Waals surface area contributed by atoms with Gasteiger partial charge in [0.05, 0.1) is 16.4 Å². The third-order valence-corrected chi connectivity index (χ3v) is 5.44. The van der Waals surface area contributed by atoms with Gasteiger partial charge < -0.3 is 9.42 Å². The molecule has 6 nitrogen and oxygen atoms in total. The maximum Gasteiger partial charge on any atom is 0.248 e. The van der Waals surface area contributed by atoms with E-state index in [9.17, 15) is 0 Å². The van der Waals surface area contributed by atoms with Crippen molar-refractivity contribution in [2.24, 2.45) is 0 Å². The lowest BCUT2D eigenvalue weighted by Gasteiger charge is -2.28. The van der Waals surface area contributed by atoms with E-state index in [0.29, 0.717) is 23.3 Å². The van der Waals surface area contributed by atoms with Crippen molar-refractivity contribution in [2.45, 2.75) is 39.7 Å². The molecule has 1 aliphatic rings. The van der Waals surface area contributed by atoms with E-state index in [4.69, 9.17) is 16.1 Å². The van der Waals surface area contributed by atoms with E-state index in [-0.39, 0.29) is 0 Å². The van der Waals surface area contributed by atoms with Crippen LogP contribution in [0.3, 0.4) is 0 Å². The highest BCUT2D eigenvalue weighted by Gasteiger charge is 2.15.